The molecule has 0 bridgehead atoms. The van der Waals surface area contributed by atoms with E-state index >= 15 is 0 Å². The number of aliphatic carboxylic acids is 1. The van der Waals surface area contributed by atoms with Gasteiger partial charge >= 0.3 is 5.97 Å². The normalized spacial score (nSPS) is 19.8. The minimum absolute atomic E-state index is 0.0361. The summed E-state index contributed by atoms with van der Waals surface area (Å²) in [6.07, 6.45) is 3.32. The number of nitrogens with zero attached hydrogens (tertiary/aromatic N) is 1. The molecule has 1 aliphatic rings. The number of hydrogen-bond acceptors (Lipinski definition) is 3. The first-order chi connectivity index (χ1) is 10.1. The molecular formula is C15H19FN2O3. The summed E-state index contributed by atoms with van der Waals surface area (Å²) in [6.45, 7) is 0.641. The Balaban J connectivity index is 1.96. The van der Waals surface area contributed by atoms with Gasteiger partial charge < -0.3 is 10.4 Å². The zero-order chi connectivity index (χ0) is 15.2. The minimum Gasteiger partial charge on any atom is -0.480 e. The number of anilines is 1. The number of likely N-dealkylation sites (tertiary alicyclic amines) is 1. The largest absolute Gasteiger partial charge is 0.480 e. The highest BCUT2D eigenvalue weighted by Gasteiger charge is 2.28. The fraction of sp³-hybridized carbons (Fsp3) is 0.467. The Labute approximate surface area is 122 Å². The van der Waals surface area contributed by atoms with Crippen molar-refractivity contribution in [3.05, 3.63) is 30.1 Å². The summed E-state index contributed by atoms with van der Waals surface area (Å²) in [6, 6.07) is 4.88. The Morgan fingerprint density at radius 1 is 1.24 bits per heavy atom. The Morgan fingerprint density at radius 3 is 2.62 bits per heavy atom. The lowest BCUT2D eigenvalue weighted by Crippen LogP contribution is -2.44. The molecule has 1 fully saturated rings. The molecule has 1 aromatic rings. The lowest BCUT2D eigenvalue weighted by molar-refractivity contribution is -0.143. The van der Waals surface area contributed by atoms with E-state index in [2.05, 4.69) is 5.32 Å². The Morgan fingerprint density at radius 2 is 1.95 bits per heavy atom. The van der Waals surface area contributed by atoms with E-state index in [-0.39, 0.29) is 18.3 Å². The molecule has 5 nitrogen and oxygen atoms in total. The third-order valence-electron chi connectivity index (χ3n) is 3.62. The molecule has 0 aromatic heterocycles. The summed E-state index contributed by atoms with van der Waals surface area (Å²) < 4.78 is 12.8. The molecule has 1 saturated heterocycles. The van der Waals surface area contributed by atoms with Crippen LogP contribution in [0.5, 0.6) is 0 Å². The van der Waals surface area contributed by atoms with Gasteiger partial charge in [0.15, 0.2) is 0 Å². The predicted molar refractivity (Wildman–Crippen MR) is 76.5 cm³/mol. The number of carbonyl (C=O) groups excluding carboxylic acids is 1. The van der Waals surface area contributed by atoms with Crippen LogP contribution in [0.2, 0.25) is 0 Å². The van der Waals surface area contributed by atoms with Crippen LogP contribution in [-0.2, 0) is 9.59 Å². The van der Waals surface area contributed by atoms with Crippen LogP contribution in [0.1, 0.15) is 25.7 Å². The lowest BCUT2D eigenvalue weighted by atomic mass is 10.1. The van der Waals surface area contributed by atoms with E-state index in [0.717, 1.165) is 19.3 Å². The average molecular weight is 294 g/mol. The van der Waals surface area contributed by atoms with Crippen molar-refractivity contribution in [3.63, 3.8) is 0 Å². The molecule has 21 heavy (non-hydrogen) atoms. The maximum atomic E-state index is 12.8. The smallest absolute Gasteiger partial charge is 0.320 e. The minimum atomic E-state index is -0.883. The molecule has 1 heterocycles. The number of rotatable bonds is 4. The van der Waals surface area contributed by atoms with Gasteiger partial charge in [0.2, 0.25) is 5.91 Å². The molecule has 2 N–H and O–H groups in total. The molecular weight excluding hydrogens is 275 g/mol. The average Bonchev–Trinajstić information content (AvgIpc) is 2.67. The van der Waals surface area contributed by atoms with Crippen LogP contribution in [0, 0.1) is 5.82 Å². The summed E-state index contributed by atoms with van der Waals surface area (Å²) >= 11 is 0. The van der Waals surface area contributed by atoms with Crippen molar-refractivity contribution >= 4 is 17.6 Å². The topological polar surface area (TPSA) is 69.6 Å². The lowest BCUT2D eigenvalue weighted by Gasteiger charge is -2.25. The van der Waals surface area contributed by atoms with Gasteiger partial charge in [-0.05, 0) is 43.7 Å². The highest BCUT2D eigenvalue weighted by atomic mass is 19.1. The molecule has 1 aliphatic heterocycles. The van der Waals surface area contributed by atoms with Crippen molar-refractivity contribution < 1.29 is 19.1 Å². The number of halogens is 1. The second-order valence-corrected chi connectivity index (χ2v) is 5.23. The Kier molecular flexibility index (Phi) is 5.27. The highest BCUT2D eigenvalue weighted by Crippen LogP contribution is 2.17. The summed E-state index contributed by atoms with van der Waals surface area (Å²) in [5, 5.41) is 11.9. The summed E-state index contributed by atoms with van der Waals surface area (Å²) in [5.41, 5.74) is 0.503. The van der Waals surface area contributed by atoms with Gasteiger partial charge in [-0.3, -0.25) is 14.5 Å². The predicted octanol–water partition coefficient (Wildman–Crippen LogP) is 2.09. The van der Waals surface area contributed by atoms with Gasteiger partial charge in [0.05, 0.1) is 6.54 Å². The second kappa shape index (κ2) is 7.17. The van der Waals surface area contributed by atoms with E-state index in [4.69, 9.17) is 0 Å². The Hall–Kier alpha value is -1.95. The van der Waals surface area contributed by atoms with Gasteiger partial charge in [0, 0.05) is 5.69 Å². The van der Waals surface area contributed by atoms with Gasteiger partial charge in [0.25, 0.3) is 0 Å². The number of carboxylic acid groups (broad SMARTS) is 1. The molecule has 1 atom stereocenters. The summed E-state index contributed by atoms with van der Waals surface area (Å²) in [5.74, 6) is -1.53. The SMILES string of the molecule is O=C(CN1CCCCCC1C(=O)O)Nc1ccc(F)cc1. The quantitative estimate of drug-likeness (QED) is 0.892. The van der Waals surface area contributed by atoms with Crippen LogP contribution in [0.15, 0.2) is 24.3 Å². The first kappa shape index (κ1) is 15.4. The van der Waals surface area contributed by atoms with Gasteiger partial charge in [-0.2, -0.15) is 0 Å². The molecule has 114 valence electrons. The number of amides is 1. The first-order valence-corrected chi connectivity index (χ1v) is 7.08. The van der Waals surface area contributed by atoms with Crippen LogP contribution in [-0.4, -0.2) is 41.0 Å². The first-order valence-electron chi connectivity index (χ1n) is 7.08. The van der Waals surface area contributed by atoms with Crippen LogP contribution >= 0.6 is 0 Å². The van der Waals surface area contributed by atoms with Crippen molar-refractivity contribution in [1.29, 1.82) is 0 Å². The maximum Gasteiger partial charge on any atom is 0.320 e. The zero-order valence-corrected chi connectivity index (χ0v) is 11.7. The zero-order valence-electron chi connectivity index (χ0n) is 11.7. The molecule has 0 radical (unpaired) electrons. The molecule has 2 rings (SSSR count). The van der Waals surface area contributed by atoms with Crippen LogP contribution < -0.4 is 5.32 Å². The number of nitrogens with one attached hydrogen (secondary N) is 1. The summed E-state index contributed by atoms with van der Waals surface area (Å²) in [7, 11) is 0. The van der Waals surface area contributed by atoms with Crippen LogP contribution in [0.25, 0.3) is 0 Å². The van der Waals surface area contributed by atoms with Gasteiger partial charge in [0.1, 0.15) is 11.9 Å². The second-order valence-electron chi connectivity index (χ2n) is 5.23. The number of carbonyl (C=O) groups is 2. The maximum absolute atomic E-state index is 12.8. The molecule has 0 spiro atoms. The third-order valence-corrected chi connectivity index (χ3v) is 3.62. The number of hydrogen-bond donors (Lipinski definition) is 2. The molecule has 1 unspecified atom stereocenters. The van der Waals surface area contributed by atoms with Crippen molar-refractivity contribution in [2.75, 3.05) is 18.4 Å². The van der Waals surface area contributed by atoms with E-state index in [1.165, 1.54) is 24.3 Å². The molecule has 1 amide bonds. The van der Waals surface area contributed by atoms with E-state index in [1.54, 1.807) is 4.90 Å². The molecule has 0 aliphatic carbocycles. The molecule has 1 aromatic carbocycles. The number of carboxylic acids is 1. The standard InChI is InChI=1S/C15H19FN2O3/c16-11-5-7-12(8-6-11)17-14(19)10-18-9-3-1-2-4-13(18)15(20)21/h5-8,13H,1-4,9-10H2,(H,17,19)(H,20,21). The fourth-order valence-electron chi connectivity index (χ4n) is 2.55. The summed E-state index contributed by atoms with van der Waals surface area (Å²) in [4.78, 5) is 25.0. The van der Waals surface area contributed by atoms with Crippen LogP contribution in [0.4, 0.5) is 10.1 Å². The van der Waals surface area contributed by atoms with Crippen molar-refractivity contribution in [2.45, 2.75) is 31.7 Å². The van der Waals surface area contributed by atoms with Gasteiger partial charge in [-0.15, -0.1) is 0 Å². The fourth-order valence-corrected chi connectivity index (χ4v) is 2.55. The highest BCUT2D eigenvalue weighted by molar-refractivity contribution is 5.92. The Bertz CT molecular complexity index is 504. The monoisotopic (exact) mass is 294 g/mol. The van der Waals surface area contributed by atoms with E-state index in [1.807, 2.05) is 0 Å². The van der Waals surface area contributed by atoms with E-state index in [0.29, 0.717) is 18.7 Å². The van der Waals surface area contributed by atoms with E-state index in [9.17, 15) is 19.1 Å². The number of benzene rings is 1. The molecule has 0 saturated carbocycles. The van der Waals surface area contributed by atoms with Crippen LogP contribution in [0.3, 0.4) is 0 Å². The molecule has 6 heteroatoms. The van der Waals surface area contributed by atoms with Gasteiger partial charge in [-0.1, -0.05) is 12.8 Å². The van der Waals surface area contributed by atoms with Crippen molar-refractivity contribution in [3.8, 4) is 0 Å². The van der Waals surface area contributed by atoms with E-state index < -0.39 is 12.0 Å². The van der Waals surface area contributed by atoms with Crippen molar-refractivity contribution in [2.24, 2.45) is 0 Å². The van der Waals surface area contributed by atoms with Crippen molar-refractivity contribution in [1.82, 2.24) is 4.90 Å². The van der Waals surface area contributed by atoms with Gasteiger partial charge in [-0.25, -0.2) is 4.39 Å². The third kappa shape index (κ3) is 4.53.